The van der Waals surface area contributed by atoms with Crippen LogP contribution in [0.2, 0.25) is 5.02 Å². The first-order valence-corrected chi connectivity index (χ1v) is 8.89. The van der Waals surface area contributed by atoms with E-state index in [0.717, 1.165) is 12.3 Å². The Morgan fingerprint density at radius 2 is 1.96 bits per heavy atom. The van der Waals surface area contributed by atoms with E-state index in [9.17, 15) is 9.18 Å². The van der Waals surface area contributed by atoms with Crippen molar-refractivity contribution in [2.24, 2.45) is 10.7 Å². The van der Waals surface area contributed by atoms with Gasteiger partial charge in [-0.1, -0.05) is 37.2 Å². The third-order valence-electron chi connectivity index (χ3n) is 3.45. The van der Waals surface area contributed by atoms with Crippen molar-refractivity contribution in [3.63, 3.8) is 0 Å². The van der Waals surface area contributed by atoms with Gasteiger partial charge in [-0.3, -0.25) is 4.79 Å². The number of allylic oxidation sites excluding steroid dienone is 1. The number of carbonyl (C=O) groups is 1. The van der Waals surface area contributed by atoms with Crippen molar-refractivity contribution in [2.75, 3.05) is 11.9 Å². The summed E-state index contributed by atoms with van der Waals surface area (Å²) in [6, 6.07) is 11.5. The molecule has 0 aliphatic rings. The summed E-state index contributed by atoms with van der Waals surface area (Å²) in [5, 5.41) is 0.366. The molecule has 2 aromatic rings. The molecule has 144 valence electrons. The van der Waals surface area contributed by atoms with E-state index < -0.39 is 0 Å². The number of nitrogens with zero attached hydrogens (tertiary/aromatic N) is 2. The molecule has 0 saturated heterocycles. The van der Waals surface area contributed by atoms with Crippen LogP contribution in [0.1, 0.15) is 37.0 Å². The predicted molar refractivity (Wildman–Crippen MR) is 113 cm³/mol. The highest BCUT2D eigenvalue weighted by atomic mass is 35.5. The van der Waals surface area contributed by atoms with Crippen molar-refractivity contribution in [3.05, 3.63) is 71.1 Å². The van der Waals surface area contributed by atoms with Crippen LogP contribution in [-0.2, 0) is 0 Å². The SMILES string of the molecule is C=C(C)N.CCCC(=Nc1cccc(Cl)c1C=O)N(C)c1cccc(F)c1. The smallest absolute Gasteiger partial charge is 0.153 e. The van der Waals surface area contributed by atoms with Crippen LogP contribution in [0.25, 0.3) is 0 Å². The highest BCUT2D eigenvalue weighted by molar-refractivity contribution is 6.33. The van der Waals surface area contributed by atoms with Crippen molar-refractivity contribution in [1.29, 1.82) is 0 Å². The quantitative estimate of drug-likeness (QED) is 0.403. The van der Waals surface area contributed by atoms with E-state index in [-0.39, 0.29) is 5.82 Å². The Bertz CT molecular complexity index is 817. The number of benzene rings is 2. The highest BCUT2D eigenvalue weighted by Crippen LogP contribution is 2.26. The molecule has 0 amide bonds. The number of halogens is 2. The lowest BCUT2D eigenvalue weighted by atomic mass is 10.2. The summed E-state index contributed by atoms with van der Waals surface area (Å²) >= 11 is 6.04. The van der Waals surface area contributed by atoms with Gasteiger partial charge in [0.25, 0.3) is 0 Å². The van der Waals surface area contributed by atoms with E-state index in [1.807, 2.05) is 24.9 Å². The van der Waals surface area contributed by atoms with Crippen molar-refractivity contribution in [1.82, 2.24) is 0 Å². The van der Waals surface area contributed by atoms with Crippen molar-refractivity contribution in [2.45, 2.75) is 26.7 Å². The number of carbonyl (C=O) groups excluding carboxylic acids is 1. The number of aldehydes is 1. The summed E-state index contributed by atoms with van der Waals surface area (Å²) < 4.78 is 13.4. The molecule has 0 aliphatic heterocycles. The minimum atomic E-state index is -0.304. The maximum absolute atomic E-state index is 13.4. The first-order valence-electron chi connectivity index (χ1n) is 8.51. The normalized spacial score (nSPS) is 10.6. The van der Waals surface area contributed by atoms with Gasteiger partial charge in [0, 0.05) is 19.2 Å². The fourth-order valence-corrected chi connectivity index (χ4v) is 2.45. The van der Waals surface area contributed by atoms with E-state index in [4.69, 9.17) is 17.3 Å². The molecule has 0 fully saturated rings. The van der Waals surface area contributed by atoms with Crippen LogP contribution < -0.4 is 10.6 Å². The van der Waals surface area contributed by atoms with Crippen molar-refractivity contribution in [3.8, 4) is 0 Å². The maximum Gasteiger partial charge on any atom is 0.153 e. The van der Waals surface area contributed by atoms with Crippen molar-refractivity contribution >= 4 is 35.1 Å². The second kappa shape index (κ2) is 11.1. The van der Waals surface area contributed by atoms with Crippen LogP contribution in [0, 0.1) is 5.82 Å². The second-order valence-corrected chi connectivity index (χ2v) is 6.36. The van der Waals surface area contributed by atoms with Gasteiger partial charge in [-0.05, 0) is 49.4 Å². The number of hydrogen-bond acceptors (Lipinski definition) is 3. The van der Waals surface area contributed by atoms with E-state index in [0.29, 0.717) is 40.4 Å². The third kappa shape index (κ3) is 7.23. The number of hydrogen-bond donors (Lipinski definition) is 1. The van der Waals surface area contributed by atoms with E-state index in [1.165, 1.54) is 12.1 Å². The molecule has 27 heavy (non-hydrogen) atoms. The molecule has 2 rings (SSSR count). The molecule has 2 aromatic carbocycles. The van der Waals surface area contributed by atoms with E-state index in [2.05, 4.69) is 11.6 Å². The second-order valence-electron chi connectivity index (χ2n) is 5.95. The zero-order valence-corrected chi connectivity index (χ0v) is 16.6. The molecule has 0 aliphatic carbocycles. The van der Waals surface area contributed by atoms with Gasteiger partial charge in [0.15, 0.2) is 6.29 Å². The van der Waals surface area contributed by atoms with Gasteiger partial charge in [0.2, 0.25) is 0 Å². The summed E-state index contributed by atoms with van der Waals surface area (Å²) in [6.07, 6.45) is 2.26. The molecule has 0 radical (unpaired) electrons. The lowest BCUT2D eigenvalue weighted by Gasteiger charge is -2.21. The van der Waals surface area contributed by atoms with Gasteiger partial charge in [-0.25, -0.2) is 9.38 Å². The zero-order valence-electron chi connectivity index (χ0n) is 15.9. The summed E-state index contributed by atoms with van der Waals surface area (Å²) in [5.41, 5.74) is 7.15. The van der Waals surface area contributed by atoms with Crippen LogP contribution in [0.3, 0.4) is 0 Å². The molecule has 0 heterocycles. The topological polar surface area (TPSA) is 58.7 Å². The minimum Gasteiger partial charge on any atom is -0.403 e. The molecule has 6 heteroatoms. The Hall–Kier alpha value is -2.66. The average molecular weight is 390 g/mol. The minimum absolute atomic E-state index is 0.304. The lowest BCUT2D eigenvalue weighted by molar-refractivity contribution is 0.112. The fourth-order valence-electron chi connectivity index (χ4n) is 2.23. The number of rotatable bonds is 5. The molecule has 0 spiro atoms. The van der Waals surface area contributed by atoms with Crippen LogP contribution in [0.4, 0.5) is 15.8 Å². The lowest BCUT2D eigenvalue weighted by Crippen LogP contribution is -2.26. The summed E-state index contributed by atoms with van der Waals surface area (Å²) in [6.45, 7) is 7.12. The number of amidine groups is 1. The summed E-state index contributed by atoms with van der Waals surface area (Å²) in [4.78, 5) is 17.7. The number of aliphatic imine (C=N–C) groups is 1. The molecule has 0 aromatic heterocycles. The Labute approximate surface area is 165 Å². The van der Waals surface area contributed by atoms with Gasteiger partial charge in [-0.15, -0.1) is 0 Å². The highest BCUT2D eigenvalue weighted by Gasteiger charge is 2.12. The number of nitrogens with two attached hydrogens (primary N) is 1. The van der Waals surface area contributed by atoms with Crippen molar-refractivity contribution < 1.29 is 9.18 Å². The summed E-state index contributed by atoms with van der Waals surface area (Å²) in [5.74, 6) is 0.435. The zero-order chi connectivity index (χ0) is 20.4. The number of anilines is 1. The molecular weight excluding hydrogens is 365 g/mol. The van der Waals surface area contributed by atoms with E-state index in [1.54, 1.807) is 31.2 Å². The monoisotopic (exact) mass is 389 g/mol. The van der Waals surface area contributed by atoms with Gasteiger partial charge in [0.1, 0.15) is 11.7 Å². The molecule has 4 nitrogen and oxygen atoms in total. The predicted octanol–water partition coefficient (Wildman–Crippen LogP) is 5.74. The Morgan fingerprint density at radius 3 is 2.52 bits per heavy atom. The van der Waals surface area contributed by atoms with Gasteiger partial charge >= 0.3 is 0 Å². The molecule has 0 bridgehead atoms. The fraction of sp³-hybridized carbons (Fsp3) is 0.238. The van der Waals surface area contributed by atoms with Crippen LogP contribution in [0.15, 0.2) is 59.7 Å². The van der Waals surface area contributed by atoms with Gasteiger partial charge < -0.3 is 10.6 Å². The Balaban J connectivity index is 0.000000828. The van der Waals surface area contributed by atoms with Gasteiger partial charge in [-0.2, -0.15) is 0 Å². The Morgan fingerprint density at radius 1 is 1.33 bits per heavy atom. The van der Waals surface area contributed by atoms with Gasteiger partial charge in [0.05, 0.1) is 16.3 Å². The average Bonchev–Trinajstić information content (AvgIpc) is 2.60. The largest absolute Gasteiger partial charge is 0.403 e. The molecule has 0 unspecified atom stereocenters. The van der Waals surface area contributed by atoms with Crippen LogP contribution >= 0.6 is 11.6 Å². The first-order chi connectivity index (χ1) is 12.8. The third-order valence-corrected chi connectivity index (χ3v) is 3.78. The standard InChI is InChI=1S/C18H18ClFN2O.C3H7N/c1-3-6-18(22(2)14-8-4-7-13(20)11-14)21-17-10-5-9-16(19)15(17)12-23;1-3(2)4/h4-5,7-12H,3,6H2,1-2H3;1,4H2,2H3. The summed E-state index contributed by atoms with van der Waals surface area (Å²) in [7, 11) is 1.83. The first kappa shape index (κ1) is 22.4. The molecule has 2 N–H and O–H groups in total. The Kier molecular flexibility index (Phi) is 9.23. The maximum atomic E-state index is 13.4. The molecule has 0 saturated carbocycles. The van der Waals surface area contributed by atoms with Crippen LogP contribution in [0.5, 0.6) is 0 Å². The molecule has 0 atom stereocenters. The van der Waals surface area contributed by atoms with E-state index >= 15 is 0 Å². The van der Waals surface area contributed by atoms with Crippen LogP contribution in [-0.4, -0.2) is 19.2 Å². The molecular formula is C21H25ClFN3O.